The highest BCUT2D eigenvalue weighted by atomic mass is 35.5. The summed E-state index contributed by atoms with van der Waals surface area (Å²) >= 11 is 7.77. The van der Waals surface area contributed by atoms with Crippen molar-refractivity contribution in [3.8, 4) is 0 Å². The molecule has 3 rings (SSSR count). The molecule has 0 aliphatic carbocycles. The van der Waals surface area contributed by atoms with Gasteiger partial charge in [-0.3, -0.25) is 4.55 Å². The molecule has 7 heteroatoms. The van der Waals surface area contributed by atoms with E-state index in [0.29, 0.717) is 18.0 Å². The van der Waals surface area contributed by atoms with E-state index in [1.165, 1.54) is 0 Å². The van der Waals surface area contributed by atoms with Gasteiger partial charge in [0.2, 0.25) is 0 Å². The number of nitrogens with zero attached hydrogens (tertiary/aromatic N) is 1. The largest absolute Gasteiger partial charge is 0.340 e. The third kappa shape index (κ3) is 3.41. The molecule has 0 radical (unpaired) electrons. The zero-order valence-corrected chi connectivity index (χ0v) is 14.0. The lowest BCUT2D eigenvalue weighted by Crippen LogP contribution is -2.23. The maximum absolute atomic E-state index is 10.9. The van der Waals surface area contributed by atoms with E-state index in [2.05, 4.69) is 4.90 Å². The molecule has 2 aromatic carbocycles. The Morgan fingerprint density at radius 1 is 1.09 bits per heavy atom. The molecule has 0 aromatic heterocycles. The molecule has 0 fully saturated rings. The van der Waals surface area contributed by atoms with Crippen LogP contribution in [-0.4, -0.2) is 25.3 Å². The van der Waals surface area contributed by atoms with E-state index < -0.39 is 10.1 Å². The van der Waals surface area contributed by atoms with E-state index in [1.54, 1.807) is 11.8 Å². The number of benzene rings is 2. The predicted molar refractivity (Wildman–Crippen MR) is 90.1 cm³/mol. The summed E-state index contributed by atoms with van der Waals surface area (Å²) in [5, 5.41) is 0.638. The summed E-state index contributed by atoms with van der Waals surface area (Å²) in [5.74, 6) is -0.255. The van der Waals surface area contributed by atoms with Gasteiger partial charge in [0.25, 0.3) is 10.1 Å². The van der Waals surface area contributed by atoms with Crippen LogP contribution in [0.15, 0.2) is 52.3 Å². The second kappa shape index (κ2) is 6.12. The van der Waals surface area contributed by atoms with E-state index in [0.717, 1.165) is 21.2 Å². The molecule has 0 amide bonds. The van der Waals surface area contributed by atoms with Gasteiger partial charge in [-0.25, -0.2) is 0 Å². The van der Waals surface area contributed by atoms with Crippen LogP contribution in [0.1, 0.15) is 6.42 Å². The van der Waals surface area contributed by atoms with Crippen LogP contribution < -0.4 is 4.90 Å². The molecule has 4 nitrogen and oxygen atoms in total. The minimum atomic E-state index is -3.95. The Balaban J connectivity index is 1.95. The molecule has 2 aromatic rings. The van der Waals surface area contributed by atoms with Crippen molar-refractivity contribution < 1.29 is 13.0 Å². The average molecular weight is 356 g/mol. The summed E-state index contributed by atoms with van der Waals surface area (Å²) in [6.07, 6.45) is 0.337. The van der Waals surface area contributed by atoms with Gasteiger partial charge >= 0.3 is 0 Å². The van der Waals surface area contributed by atoms with Crippen molar-refractivity contribution in [3.05, 3.63) is 47.5 Å². The second-order valence-electron chi connectivity index (χ2n) is 4.97. The van der Waals surface area contributed by atoms with Crippen molar-refractivity contribution in [3.63, 3.8) is 0 Å². The zero-order chi connectivity index (χ0) is 15.7. The third-order valence-corrected chi connectivity index (χ3v) is 5.54. The fraction of sp³-hybridized carbons (Fsp3) is 0.200. The molecule has 1 aliphatic heterocycles. The van der Waals surface area contributed by atoms with E-state index in [4.69, 9.17) is 16.2 Å². The Hall–Kier alpha value is -1.21. The molecule has 22 heavy (non-hydrogen) atoms. The maximum Gasteiger partial charge on any atom is 0.264 e. The average Bonchev–Trinajstić information content (AvgIpc) is 2.46. The first kappa shape index (κ1) is 15.7. The monoisotopic (exact) mass is 355 g/mol. The summed E-state index contributed by atoms with van der Waals surface area (Å²) in [5.41, 5.74) is 1.99. The second-order valence-corrected chi connectivity index (χ2v) is 8.07. The van der Waals surface area contributed by atoms with E-state index in [-0.39, 0.29) is 5.75 Å². The highest BCUT2D eigenvalue weighted by molar-refractivity contribution is 7.99. The molecule has 1 heterocycles. The number of hydrogen-bond donors (Lipinski definition) is 1. The Morgan fingerprint density at radius 2 is 1.82 bits per heavy atom. The molecule has 116 valence electrons. The number of anilines is 2. The fourth-order valence-electron chi connectivity index (χ4n) is 2.45. The van der Waals surface area contributed by atoms with Crippen LogP contribution in [0, 0.1) is 0 Å². The first-order valence-electron chi connectivity index (χ1n) is 6.73. The smallest absolute Gasteiger partial charge is 0.264 e. The minimum absolute atomic E-state index is 0.255. The van der Waals surface area contributed by atoms with Crippen LogP contribution in [-0.2, 0) is 10.1 Å². The molecule has 0 atom stereocenters. The van der Waals surface area contributed by atoms with Crippen molar-refractivity contribution in [1.29, 1.82) is 0 Å². The molecular formula is C15H14ClNO3S2. The quantitative estimate of drug-likeness (QED) is 0.832. The number of para-hydroxylation sites is 1. The summed E-state index contributed by atoms with van der Waals surface area (Å²) in [6, 6.07) is 13.7. The number of fused-ring (bicyclic) bond motifs is 2. The van der Waals surface area contributed by atoms with Crippen LogP contribution in [0.4, 0.5) is 11.4 Å². The van der Waals surface area contributed by atoms with Gasteiger partial charge in [-0.1, -0.05) is 35.5 Å². The lowest BCUT2D eigenvalue weighted by atomic mass is 10.2. The van der Waals surface area contributed by atoms with Crippen LogP contribution in [0.25, 0.3) is 0 Å². The maximum atomic E-state index is 10.9. The molecule has 0 spiro atoms. The molecule has 0 saturated carbocycles. The molecule has 0 unspecified atom stereocenters. The highest BCUT2D eigenvalue weighted by Crippen LogP contribution is 2.48. The highest BCUT2D eigenvalue weighted by Gasteiger charge is 2.23. The Morgan fingerprint density at radius 3 is 2.59 bits per heavy atom. The minimum Gasteiger partial charge on any atom is -0.340 e. The normalized spacial score (nSPS) is 13.6. The number of hydrogen-bond acceptors (Lipinski definition) is 4. The van der Waals surface area contributed by atoms with Gasteiger partial charge in [-0.05, 0) is 36.8 Å². The third-order valence-electron chi connectivity index (χ3n) is 3.37. The van der Waals surface area contributed by atoms with Gasteiger partial charge in [0.1, 0.15) is 0 Å². The van der Waals surface area contributed by atoms with Gasteiger partial charge in [-0.2, -0.15) is 8.42 Å². The molecule has 0 bridgehead atoms. The summed E-state index contributed by atoms with van der Waals surface area (Å²) < 4.78 is 30.8. The van der Waals surface area contributed by atoms with Gasteiger partial charge < -0.3 is 4.90 Å². The Bertz CT molecular complexity index is 808. The lowest BCUT2D eigenvalue weighted by Gasteiger charge is -2.32. The summed E-state index contributed by atoms with van der Waals surface area (Å²) in [7, 11) is -3.95. The number of rotatable bonds is 4. The van der Waals surface area contributed by atoms with Crippen LogP contribution in [0.5, 0.6) is 0 Å². The van der Waals surface area contributed by atoms with Gasteiger partial charge in [0, 0.05) is 21.4 Å². The molecule has 0 saturated heterocycles. The zero-order valence-electron chi connectivity index (χ0n) is 11.6. The Labute approximate surface area is 138 Å². The lowest BCUT2D eigenvalue weighted by molar-refractivity contribution is 0.481. The van der Waals surface area contributed by atoms with Gasteiger partial charge in [0.05, 0.1) is 17.1 Å². The van der Waals surface area contributed by atoms with Gasteiger partial charge in [0.15, 0.2) is 0 Å². The molecule has 1 N–H and O–H groups in total. The van der Waals surface area contributed by atoms with Crippen LogP contribution >= 0.6 is 23.4 Å². The first-order chi connectivity index (χ1) is 10.4. The van der Waals surface area contributed by atoms with Crippen molar-refractivity contribution in [2.75, 3.05) is 17.2 Å². The molecule has 1 aliphatic rings. The SMILES string of the molecule is O=S(=O)(O)CCCN1c2ccccc2Sc2ccc(Cl)cc21. The van der Waals surface area contributed by atoms with Crippen molar-refractivity contribution in [1.82, 2.24) is 0 Å². The van der Waals surface area contributed by atoms with E-state index >= 15 is 0 Å². The van der Waals surface area contributed by atoms with E-state index in [9.17, 15) is 8.42 Å². The number of halogens is 1. The van der Waals surface area contributed by atoms with Crippen LogP contribution in [0.2, 0.25) is 5.02 Å². The summed E-state index contributed by atoms with van der Waals surface area (Å²) in [6.45, 7) is 0.491. The predicted octanol–water partition coefficient (Wildman–Crippen LogP) is 4.22. The Kier molecular flexibility index (Phi) is 4.36. The van der Waals surface area contributed by atoms with Crippen molar-refractivity contribution in [2.45, 2.75) is 16.2 Å². The molecular weight excluding hydrogens is 342 g/mol. The van der Waals surface area contributed by atoms with Crippen molar-refractivity contribution in [2.24, 2.45) is 0 Å². The topological polar surface area (TPSA) is 57.6 Å². The van der Waals surface area contributed by atoms with Crippen molar-refractivity contribution >= 4 is 44.9 Å². The fourth-order valence-corrected chi connectivity index (χ4v) is 4.18. The summed E-state index contributed by atoms with van der Waals surface area (Å²) in [4.78, 5) is 4.25. The van der Waals surface area contributed by atoms with E-state index in [1.807, 2.05) is 42.5 Å². The standard InChI is InChI=1S/C15H14ClNO3S2/c16-11-6-7-15-13(10-11)17(8-3-9-22(18,19)20)12-4-1-2-5-14(12)21-15/h1-2,4-7,10H,3,8-9H2,(H,18,19,20). The van der Waals surface area contributed by atoms with Gasteiger partial charge in [-0.15, -0.1) is 0 Å². The first-order valence-corrected chi connectivity index (χ1v) is 9.53. The van der Waals surface area contributed by atoms with Crippen LogP contribution in [0.3, 0.4) is 0 Å².